The maximum Gasteiger partial charge on any atom is 0.250 e. The lowest BCUT2D eigenvalue weighted by Crippen LogP contribution is -2.30. The molecule has 0 unspecified atom stereocenters. The van der Waals surface area contributed by atoms with Crippen LogP contribution in [0.5, 0.6) is 0 Å². The van der Waals surface area contributed by atoms with Gasteiger partial charge in [-0.15, -0.1) is 0 Å². The zero-order valence-electron chi connectivity index (χ0n) is 10.7. The van der Waals surface area contributed by atoms with Gasteiger partial charge in [0.25, 0.3) is 5.91 Å². The number of nitrogen functional groups attached to an aromatic ring is 1. The van der Waals surface area contributed by atoms with Crippen molar-refractivity contribution in [3.8, 4) is 0 Å². The average molecular weight is 251 g/mol. The van der Waals surface area contributed by atoms with Gasteiger partial charge in [0.2, 0.25) is 0 Å². The molecule has 0 saturated carbocycles. The monoisotopic (exact) mass is 251 g/mol. The molecule has 0 fully saturated rings. The summed E-state index contributed by atoms with van der Waals surface area (Å²) < 4.78 is 0. The smallest absolute Gasteiger partial charge is 0.250 e. The predicted molar refractivity (Wildman–Crippen MR) is 73.6 cm³/mol. The Morgan fingerprint density at radius 1 is 1.39 bits per heavy atom. The average Bonchev–Trinajstić information content (AvgIpc) is 2.34. The van der Waals surface area contributed by atoms with Gasteiger partial charge in [0.1, 0.15) is 0 Å². The lowest BCUT2D eigenvalue weighted by Gasteiger charge is -2.25. The van der Waals surface area contributed by atoms with Crippen molar-refractivity contribution in [3.05, 3.63) is 23.8 Å². The normalized spacial score (nSPS) is 10.3. The molecule has 1 rings (SSSR count). The number of unbranched alkanes of at least 4 members (excludes halogenated alkanes) is 1. The van der Waals surface area contributed by atoms with E-state index in [0.29, 0.717) is 17.8 Å². The summed E-state index contributed by atoms with van der Waals surface area (Å²) in [6, 6.07) is 5.09. The zero-order valence-corrected chi connectivity index (χ0v) is 10.7. The molecule has 0 bridgehead atoms. The molecular formula is C13H21N3O2. The van der Waals surface area contributed by atoms with Crippen molar-refractivity contribution in [3.63, 3.8) is 0 Å². The van der Waals surface area contributed by atoms with Gasteiger partial charge in [0, 0.05) is 24.5 Å². The molecule has 0 heterocycles. The standard InChI is InChI=1S/C13H21N3O2/c1-2-3-6-16(7-8-17)12-5-4-10(14)9-11(12)13(15)18/h4-5,9,17H,2-3,6-8,14H2,1H3,(H2,15,18). The van der Waals surface area contributed by atoms with Crippen molar-refractivity contribution in [2.75, 3.05) is 30.3 Å². The molecule has 0 aliphatic heterocycles. The number of benzene rings is 1. The zero-order chi connectivity index (χ0) is 13.5. The Balaban J connectivity index is 3.05. The van der Waals surface area contributed by atoms with Crippen LogP contribution in [0.1, 0.15) is 30.1 Å². The second-order valence-corrected chi connectivity index (χ2v) is 4.21. The number of aliphatic hydroxyl groups is 1. The lowest BCUT2D eigenvalue weighted by atomic mass is 10.1. The van der Waals surface area contributed by atoms with Gasteiger partial charge in [0.05, 0.1) is 12.2 Å². The van der Waals surface area contributed by atoms with Crippen molar-refractivity contribution in [2.24, 2.45) is 5.73 Å². The Bertz CT molecular complexity index is 407. The Morgan fingerprint density at radius 3 is 2.67 bits per heavy atom. The minimum atomic E-state index is -0.503. The fourth-order valence-electron chi connectivity index (χ4n) is 1.85. The number of rotatable bonds is 7. The van der Waals surface area contributed by atoms with Crippen LogP contribution >= 0.6 is 0 Å². The van der Waals surface area contributed by atoms with E-state index in [1.54, 1.807) is 18.2 Å². The van der Waals surface area contributed by atoms with E-state index < -0.39 is 5.91 Å². The van der Waals surface area contributed by atoms with Gasteiger partial charge in [0.15, 0.2) is 0 Å². The summed E-state index contributed by atoms with van der Waals surface area (Å²) in [4.78, 5) is 13.4. The van der Waals surface area contributed by atoms with Gasteiger partial charge in [-0.25, -0.2) is 0 Å². The molecule has 18 heavy (non-hydrogen) atoms. The highest BCUT2D eigenvalue weighted by Crippen LogP contribution is 2.23. The highest BCUT2D eigenvalue weighted by Gasteiger charge is 2.14. The van der Waals surface area contributed by atoms with E-state index in [4.69, 9.17) is 16.6 Å². The Labute approximate surface area is 107 Å². The second kappa shape index (κ2) is 6.86. The SMILES string of the molecule is CCCCN(CCO)c1ccc(N)cc1C(N)=O. The Morgan fingerprint density at radius 2 is 2.11 bits per heavy atom. The summed E-state index contributed by atoms with van der Waals surface area (Å²) in [6.45, 7) is 3.38. The summed E-state index contributed by atoms with van der Waals surface area (Å²) in [6.07, 6.45) is 2.03. The van der Waals surface area contributed by atoms with Crippen LogP contribution in [-0.2, 0) is 0 Å². The number of hydrogen-bond donors (Lipinski definition) is 3. The van der Waals surface area contributed by atoms with Crippen LogP contribution < -0.4 is 16.4 Å². The number of hydrogen-bond acceptors (Lipinski definition) is 4. The van der Waals surface area contributed by atoms with Crippen molar-refractivity contribution in [1.82, 2.24) is 0 Å². The predicted octanol–water partition coefficient (Wildman–Crippen LogP) is 0.967. The molecular weight excluding hydrogens is 230 g/mol. The number of amides is 1. The molecule has 0 spiro atoms. The molecule has 0 atom stereocenters. The molecule has 0 radical (unpaired) electrons. The number of aliphatic hydroxyl groups excluding tert-OH is 1. The van der Waals surface area contributed by atoms with E-state index in [-0.39, 0.29) is 6.61 Å². The van der Waals surface area contributed by atoms with Crippen molar-refractivity contribution in [1.29, 1.82) is 0 Å². The molecule has 1 aromatic carbocycles. The van der Waals surface area contributed by atoms with E-state index in [0.717, 1.165) is 25.1 Å². The van der Waals surface area contributed by atoms with Crippen LogP contribution in [0.2, 0.25) is 0 Å². The first-order chi connectivity index (χ1) is 8.60. The molecule has 0 aromatic heterocycles. The lowest BCUT2D eigenvalue weighted by molar-refractivity contribution is 0.100. The van der Waals surface area contributed by atoms with Crippen LogP contribution in [0.25, 0.3) is 0 Å². The molecule has 0 aliphatic carbocycles. The van der Waals surface area contributed by atoms with Crippen LogP contribution in [0.3, 0.4) is 0 Å². The molecule has 0 saturated heterocycles. The fraction of sp³-hybridized carbons (Fsp3) is 0.462. The van der Waals surface area contributed by atoms with Gasteiger partial charge in [-0.2, -0.15) is 0 Å². The summed E-state index contributed by atoms with van der Waals surface area (Å²) >= 11 is 0. The van der Waals surface area contributed by atoms with Crippen LogP contribution in [0.4, 0.5) is 11.4 Å². The maximum absolute atomic E-state index is 11.4. The van der Waals surface area contributed by atoms with Crippen LogP contribution in [0.15, 0.2) is 18.2 Å². The molecule has 0 aliphatic rings. The van der Waals surface area contributed by atoms with E-state index >= 15 is 0 Å². The van der Waals surface area contributed by atoms with Crippen LogP contribution in [0, 0.1) is 0 Å². The first-order valence-corrected chi connectivity index (χ1v) is 6.15. The van der Waals surface area contributed by atoms with E-state index in [1.807, 2.05) is 4.90 Å². The van der Waals surface area contributed by atoms with Crippen molar-refractivity contribution in [2.45, 2.75) is 19.8 Å². The summed E-state index contributed by atoms with van der Waals surface area (Å²) in [5, 5.41) is 9.10. The van der Waals surface area contributed by atoms with Gasteiger partial charge in [-0.3, -0.25) is 4.79 Å². The third-order valence-corrected chi connectivity index (χ3v) is 2.78. The first kappa shape index (κ1) is 14.3. The molecule has 5 N–H and O–H groups in total. The van der Waals surface area contributed by atoms with Crippen molar-refractivity contribution >= 4 is 17.3 Å². The minimum absolute atomic E-state index is 0.0340. The van der Waals surface area contributed by atoms with Gasteiger partial charge < -0.3 is 21.5 Å². The molecule has 1 aromatic rings. The number of nitrogens with two attached hydrogens (primary N) is 2. The number of primary amides is 1. The fourth-order valence-corrected chi connectivity index (χ4v) is 1.85. The Hall–Kier alpha value is -1.75. The third-order valence-electron chi connectivity index (χ3n) is 2.78. The van der Waals surface area contributed by atoms with Gasteiger partial charge in [-0.1, -0.05) is 13.3 Å². The second-order valence-electron chi connectivity index (χ2n) is 4.21. The number of carbonyl (C=O) groups is 1. The molecule has 5 heteroatoms. The summed E-state index contributed by atoms with van der Waals surface area (Å²) in [5.74, 6) is -0.503. The quantitative estimate of drug-likeness (QED) is 0.629. The Kier molecular flexibility index (Phi) is 5.45. The van der Waals surface area contributed by atoms with Crippen molar-refractivity contribution < 1.29 is 9.90 Å². The van der Waals surface area contributed by atoms with E-state index in [2.05, 4.69) is 6.92 Å². The van der Waals surface area contributed by atoms with E-state index in [9.17, 15) is 4.79 Å². The number of carbonyl (C=O) groups excluding carboxylic acids is 1. The first-order valence-electron chi connectivity index (χ1n) is 6.15. The van der Waals surface area contributed by atoms with Gasteiger partial charge >= 0.3 is 0 Å². The maximum atomic E-state index is 11.4. The number of anilines is 2. The minimum Gasteiger partial charge on any atom is -0.399 e. The number of nitrogens with zero attached hydrogens (tertiary/aromatic N) is 1. The summed E-state index contributed by atoms with van der Waals surface area (Å²) in [5.41, 5.74) is 12.7. The topological polar surface area (TPSA) is 92.6 Å². The van der Waals surface area contributed by atoms with Crippen LogP contribution in [-0.4, -0.2) is 30.7 Å². The molecule has 5 nitrogen and oxygen atoms in total. The largest absolute Gasteiger partial charge is 0.399 e. The molecule has 1 amide bonds. The highest BCUT2D eigenvalue weighted by molar-refractivity contribution is 5.99. The highest BCUT2D eigenvalue weighted by atomic mass is 16.3. The summed E-state index contributed by atoms with van der Waals surface area (Å²) in [7, 11) is 0. The third kappa shape index (κ3) is 3.63. The molecule has 100 valence electrons. The van der Waals surface area contributed by atoms with E-state index in [1.165, 1.54) is 0 Å². The van der Waals surface area contributed by atoms with Gasteiger partial charge in [-0.05, 0) is 24.6 Å².